The lowest BCUT2D eigenvalue weighted by atomic mass is 9.77. The van der Waals surface area contributed by atoms with Crippen LogP contribution in [0.4, 0.5) is 4.79 Å². The summed E-state index contributed by atoms with van der Waals surface area (Å²) in [6, 6.07) is 6.01. The van der Waals surface area contributed by atoms with E-state index in [-0.39, 0.29) is 11.4 Å². The fourth-order valence-corrected chi connectivity index (χ4v) is 4.12. The van der Waals surface area contributed by atoms with Crippen LogP contribution in [0.2, 0.25) is 0 Å². The van der Waals surface area contributed by atoms with Gasteiger partial charge < -0.3 is 19.4 Å². The van der Waals surface area contributed by atoms with Gasteiger partial charge in [0, 0.05) is 57.8 Å². The Labute approximate surface area is 144 Å². The van der Waals surface area contributed by atoms with E-state index < -0.39 is 0 Å². The molecule has 0 N–H and O–H groups in total. The number of carbonyl (C=O) groups excluding carboxylic acids is 1. The Balaban J connectivity index is 1.59. The first kappa shape index (κ1) is 17.2. The summed E-state index contributed by atoms with van der Waals surface area (Å²) in [5.41, 5.74) is 1.14. The molecule has 0 unspecified atom stereocenters. The van der Waals surface area contributed by atoms with Gasteiger partial charge in [-0.05, 0) is 25.6 Å². The molecule has 2 atom stereocenters. The van der Waals surface area contributed by atoms with Gasteiger partial charge in [0.05, 0.1) is 18.9 Å². The second kappa shape index (κ2) is 7.07. The summed E-state index contributed by atoms with van der Waals surface area (Å²) >= 11 is 0. The van der Waals surface area contributed by atoms with Crippen LogP contribution in [0.15, 0.2) is 24.4 Å². The van der Waals surface area contributed by atoms with E-state index in [9.17, 15) is 4.79 Å². The van der Waals surface area contributed by atoms with Gasteiger partial charge in [0.1, 0.15) is 0 Å². The molecule has 132 valence electrons. The molecule has 2 amide bonds. The maximum Gasteiger partial charge on any atom is 0.319 e. The zero-order chi connectivity index (χ0) is 17.2. The van der Waals surface area contributed by atoms with E-state index in [1.807, 2.05) is 37.2 Å². The van der Waals surface area contributed by atoms with Gasteiger partial charge in [-0.3, -0.25) is 4.98 Å². The molecule has 0 aliphatic carbocycles. The SMILES string of the molecule is CN1C[C@@H](COCc2ccccn2)[C@@]2(CCN(C(=O)N(C)C)C2)C1. The summed E-state index contributed by atoms with van der Waals surface area (Å²) in [7, 11) is 5.81. The number of hydrogen-bond acceptors (Lipinski definition) is 4. The predicted octanol–water partition coefficient (Wildman–Crippen LogP) is 1.53. The quantitative estimate of drug-likeness (QED) is 0.839. The lowest BCUT2D eigenvalue weighted by molar-refractivity contribution is 0.0510. The topological polar surface area (TPSA) is 48.9 Å². The minimum atomic E-state index is 0.120. The highest BCUT2D eigenvalue weighted by Crippen LogP contribution is 2.43. The number of nitrogens with zero attached hydrogens (tertiary/aromatic N) is 4. The summed E-state index contributed by atoms with van der Waals surface area (Å²) in [4.78, 5) is 22.6. The molecular weight excluding hydrogens is 304 g/mol. The number of urea groups is 1. The van der Waals surface area contributed by atoms with Gasteiger partial charge in [0.25, 0.3) is 0 Å². The van der Waals surface area contributed by atoms with Crippen molar-refractivity contribution >= 4 is 6.03 Å². The Bertz CT molecular complexity index is 565. The van der Waals surface area contributed by atoms with Crippen molar-refractivity contribution in [1.29, 1.82) is 0 Å². The van der Waals surface area contributed by atoms with Gasteiger partial charge in [-0.15, -0.1) is 0 Å². The van der Waals surface area contributed by atoms with Gasteiger partial charge in [0.15, 0.2) is 0 Å². The van der Waals surface area contributed by atoms with Crippen LogP contribution in [0.1, 0.15) is 12.1 Å². The summed E-state index contributed by atoms with van der Waals surface area (Å²) in [5, 5.41) is 0. The third kappa shape index (κ3) is 3.54. The zero-order valence-electron chi connectivity index (χ0n) is 14.9. The number of hydrogen-bond donors (Lipinski definition) is 0. The number of carbonyl (C=O) groups is 1. The van der Waals surface area contributed by atoms with E-state index in [1.165, 1.54) is 0 Å². The highest BCUT2D eigenvalue weighted by atomic mass is 16.5. The van der Waals surface area contributed by atoms with Crippen LogP contribution in [0, 0.1) is 11.3 Å². The highest BCUT2D eigenvalue weighted by Gasteiger charge is 2.50. The van der Waals surface area contributed by atoms with Crippen LogP contribution < -0.4 is 0 Å². The summed E-state index contributed by atoms with van der Waals surface area (Å²) in [6.45, 7) is 5.05. The molecular formula is C18H28N4O2. The normalized spacial score (nSPS) is 27.1. The van der Waals surface area contributed by atoms with Crippen molar-refractivity contribution in [3.8, 4) is 0 Å². The van der Waals surface area contributed by atoms with Crippen molar-refractivity contribution in [2.45, 2.75) is 13.0 Å². The molecule has 6 heteroatoms. The van der Waals surface area contributed by atoms with Crippen LogP contribution in [0.25, 0.3) is 0 Å². The summed E-state index contributed by atoms with van der Waals surface area (Å²) in [6.07, 6.45) is 2.86. The molecule has 0 saturated carbocycles. The van der Waals surface area contributed by atoms with E-state index in [0.717, 1.165) is 44.9 Å². The van der Waals surface area contributed by atoms with Gasteiger partial charge in [-0.1, -0.05) is 6.07 Å². The Morgan fingerprint density at radius 3 is 2.96 bits per heavy atom. The Morgan fingerprint density at radius 1 is 1.42 bits per heavy atom. The van der Waals surface area contributed by atoms with Crippen LogP contribution >= 0.6 is 0 Å². The van der Waals surface area contributed by atoms with Crippen molar-refractivity contribution in [2.75, 3.05) is 53.9 Å². The summed E-state index contributed by atoms with van der Waals surface area (Å²) < 4.78 is 5.98. The monoisotopic (exact) mass is 332 g/mol. The third-order valence-electron chi connectivity index (χ3n) is 5.32. The molecule has 6 nitrogen and oxygen atoms in total. The Hall–Kier alpha value is -1.66. The average molecular weight is 332 g/mol. The van der Waals surface area contributed by atoms with Crippen LogP contribution in [-0.2, 0) is 11.3 Å². The fraction of sp³-hybridized carbons (Fsp3) is 0.667. The molecule has 2 saturated heterocycles. The molecule has 2 fully saturated rings. The second-order valence-corrected chi connectivity index (χ2v) is 7.44. The third-order valence-corrected chi connectivity index (χ3v) is 5.32. The minimum absolute atomic E-state index is 0.120. The minimum Gasteiger partial charge on any atom is -0.375 e. The molecule has 2 aliphatic rings. The van der Waals surface area contributed by atoms with E-state index >= 15 is 0 Å². The van der Waals surface area contributed by atoms with E-state index in [2.05, 4.69) is 16.9 Å². The first-order valence-electron chi connectivity index (χ1n) is 8.63. The lowest BCUT2D eigenvalue weighted by Gasteiger charge is -2.31. The smallest absolute Gasteiger partial charge is 0.319 e. The molecule has 0 bridgehead atoms. The first-order chi connectivity index (χ1) is 11.5. The maximum atomic E-state index is 12.3. The van der Waals surface area contributed by atoms with Crippen LogP contribution in [-0.4, -0.2) is 79.6 Å². The van der Waals surface area contributed by atoms with Gasteiger partial charge in [0.2, 0.25) is 0 Å². The lowest BCUT2D eigenvalue weighted by Crippen LogP contribution is -2.41. The van der Waals surface area contributed by atoms with Crippen LogP contribution in [0.3, 0.4) is 0 Å². The maximum absolute atomic E-state index is 12.3. The first-order valence-corrected chi connectivity index (χ1v) is 8.63. The average Bonchev–Trinajstić information content (AvgIpc) is 3.12. The van der Waals surface area contributed by atoms with Crippen molar-refractivity contribution in [3.63, 3.8) is 0 Å². The molecule has 1 aromatic rings. The molecule has 1 aromatic heterocycles. The molecule has 24 heavy (non-hydrogen) atoms. The largest absolute Gasteiger partial charge is 0.375 e. The van der Waals surface area contributed by atoms with E-state index in [4.69, 9.17) is 4.74 Å². The van der Waals surface area contributed by atoms with Gasteiger partial charge >= 0.3 is 6.03 Å². The van der Waals surface area contributed by atoms with Gasteiger partial charge in [-0.25, -0.2) is 4.79 Å². The number of aromatic nitrogens is 1. The number of likely N-dealkylation sites (tertiary alicyclic amines) is 2. The van der Waals surface area contributed by atoms with Crippen molar-refractivity contribution in [2.24, 2.45) is 11.3 Å². The van der Waals surface area contributed by atoms with Crippen molar-refractivity contribution in [1.82, 2.24) is 19.7 Å². The molecule has 3 rings (SSSR count). The van der Waals surface area contributed by atoms with Crippen molar-refractivity contribution in [3.05, 3.63) is 30.1 Å². The van der Waals surface area contributed by atoms with Crippen LogP contribution in [0.5, 0.6) is 0 Å². The zero-order valence-corrected chi connectivity index (χ0v) is 14.9. The fourth-order valence-electron chi connectivity index (χ4n) is 4.12. The second-order valence-electron chi connectivity index (χ2n) is 7.44. The predicted molar refractivity (Wildman–Crippen MR) is 92.6 cm³/mol. The van der Waals surface area contributed by atoms with Crippen molar-refractivity contribution < 1.29 is 9.53 Å². The molecule has 0 radical (unpaired) electrons. The Morgan fingerprint density at radius 2 is 2.25 bits per heavy atom. The summed E-state index contributed by atoms with van der Waals surface area (Å²) in [5.74, 6) is 0.464. The van der Waals surface area contributed by atoms with Gasteiger partial charge in [-0.2, -0.15) is 0 Å². The number of amides is 2. The number of pyridine rings is 1. The molecule has 1 spiro atoms. The standard InChI is InChI=1S/C18H28N4O2/c1-20(2)17(23)22-9-7-18(14-22)13-21(3)10-15(18)11-24-12-16-6-4-5-8-19-16/h4-6,8,15H,7,9-14H2,1-3H3/t15-,18-/m0/s1. The molecule has 3 heterocycles. The van der Waals surface area contributed by atoms with E-state index in [1.54, 1.807) is 11.1 Å². The Kier molecular flexibility index (Phi) is 5.06. The van der Waals surface area contributed by atoms with E-state index in [0.29, 0.717) is 12.5 Å². The number of ether oxygens (including phenoxy) is 1. The highest BCUT2D eigenvalue weighted by molar-refractivity contribution is 5.74. The number of rotatable bonds is 4. The molecule has 2 aliphatic heterocycles. The molecule has 0 aromatic carbocycles.